The molecule has 0 atom stereocenters. The maximum Gasteiger partial charge on any atom is 0.111 e. The fourth-order valence-corrected chi connectivity index (χ4v) is 3.86. The van der Waals surface area contributed by atoms with E-state index < -0.39 is 0 Å². The zero-order valence-electron chi connectivity index (χ0n) is 11.8. The molecule has 3 rings (SSSR count). The molecule has 5 heteroatoms. The molecule has 3 aromatic rings. The number of thiophene rings is 1. The normalized spacial score (nSPS) is 11.4. The second-order valence-electron chi connectivity index (χ2n) is 4.91. The summed E-state index contributed by atoms with van der Waals surface area (Å²) in [6.45, 7) is 3.03. The number of aryl methyl sites for hydroxylation is 2. The number of rotatable bonds is 5. The van der Waals surface area contributed by atoms with E-state index in [-0.39, 0.29) is 0 Å². The monoisotopic (exact) mass is 338 g/mol. The molecule has 0 N–H and O–H groups in total. The fourth-order valence-electron chi connectivity index (χ4n) is 2.56. The Kier molecular flexibility index (Phi) is 4.53. The second-order valence-corrected chi connectivity index (χ2v) is 6.72. The van der Waals surface area contributed by atoms with E-state index in [0.29, 0.717) is 5.88 Å². The molecule has 21 heavy (non-hydrogen) atoms. The highest BCUT2D eigenvalue weighted by atomic mass is 35.5. The van der Waals surface area contributed by atoms with Crippen LogP contribution in [0.2, 0.25) is 5.02 Å². The molecule has 0 fully saturated rings. The average Bonchev–Trinajstić information content (AvgIpc) is 3.05. The Labute approximate surface area is 138 Å². The van der Waals surface area contributed by atoms with Crippen LogP contribution in [0.25, 0.3) is 11.0 Å². The largest absolute Gasteiger partial charge is 0.323 e. The topological polar surface area (TPSA) is 17.8 Å². The third kappa shape index (κ3) is 2.96. The first kappa shape index (κ1) is 14.9. The predicted octanol–water partition coefficient (Wildman–Crippen LogP) is 5.14. The predicted molar refractivity (Wildman–Crippen MR) is 92.0 cm³/mol. The number of hydrogen-bond donors (Lipinski definition) is 0. The second kappa shape index (κ2) is 6.39. The molecule has 1 aromatic carbocycles. The van der Waals surface area contributed by atoms with Gasteiger partial charge in [0.2, 0.25) is 0 Å². The molecule has 0 bridgehead atoms. The van der Waals surface area contributed by atoms with Gasteiger partial charge in [-0.25, -0.2) is 4.98 Å². The van der Waals surface area contributed by atoms with Gasteiger partial charge >= 0.3 is 0 Å². The van der Waals surface area contributed by atoms with Crippen LogP contribution in [0.15, 0.2) is 29.6 Å². The van der Waals surface area contributed by atoms with E-state index in [1.165, 1.54) is 10.4 Å². The van der Waals surface area contributed by atoms with E-state index >= 15 is 0 Å². The van der Waals surface area contributed by atoms with Gasteiger partial charge in [0.05, 0.1) is 17.6 Å². The summed E-state index contributed by atoms with van der Waals surface area (Å²) in [4.78, 5) is 6.09. The molecule has 0 aliphatic carbocycles. The van der Waals surface area contributed by atoms with Crippen molar-refractivity contribution in [1.82, 2.24) is 9.55 Å². The summed E-state index contributed by atoms with van der Waals surface area (Å²) in [5.41, 5.74) is 3.47. The number of nitrogens with zero attached hydrogens (tertiary/aromatic N) is 2. The smallest absolute Gasteiger partial charge is 0.111 e. The summed E-state index contributed by atoms with van der Waals surface area (Å²) in [5.74, 6) is 1.60. The molecule has 0 spiro atoms. The number of aromatic nitrogens is 2. The van der Waals surface area contributed by atoms with Gasteiger partial charge in [-0.1, -0.05) is 18.5 Å². The average molecular weight is 339 g/mol. The van der Waals surface area contributed by atoms with Crippen LogP contribution in [0, 0.1) is 0 Å². The van der Waals surface area contributed by atoms with Gasteiger partial charge < -0.3 is 4.57 Å². The first-order valence-electron chi connectivity index (χ1n) is 6.98. The van der Waals surface area contributed by atoms with Crippen molar-refractivity contribution in [1.29, 1.82) is 0 Å². The molecule has 0 saturated carbocycles. The molecular weight excluding hydrogens is 323 g/mol. The van der Waals surface area contributed by atoms with Gasteiger partial charge in [0.25, 0.3) is 0 Å². The highest BCUT2D eigenvalue weighted by Gasteiger charge is 2.13. The van der Waals surface area contributed by atoms with Gasteiger partial charge in [-0.05, 0) is 41.6 Å². The fraction of sp³-hybridized carbons (Fsp3) is 0.312. The van der Waals surface area contributed by atoms with E-state index in [0.717, 1.165) is 41.3 Å². The minimum absolute atomic E-state index is 0.572. The van der Waals surface area contributed by atoms with Gasteiger partial charge in [-0.15, -0.1) is 22.9 Å². The number of benzene rings is 1. The van der Waals surface area contributed by atoms with Gasteiger partial charge in [0.1, 0.15) is 5.82 Å². The van der Waals surface area contributed by atoms with Crippen LogP contribution in [0.4, 0.5) is 0 Å². The lowest BCUT2D eigenvalue weighted by Gasteiger charge is -2.09. The van der Waals surface area contributed by atoms with Crippen LogP contribution in [-0.4, -0.2) is 15.4 Å². The number of imidazole rings is 1. The number of hydrogen-bond acceptors (Lipinski definition) is 2. The Balaban J connectivity index is 2.10. The summed E-state index contributed by atoms with van der Waals surface area (Å²) < 4.78 is 2.24. The van der Waals surface area contributed by atoms with Crippen molar-refractivity contribution in [2.24, 2.45) is 0 Å². The summed E-state index contributed by atoms with van der Waals surface area (Å²) >= 11 is 13.9. The van der Waals surface area contributed by atoms with Crippen LogP contribution in [0.3, 0.4) is 0 Å². The highest BCUT2D eigenvalue weighted by Crippen LogP contribution is 2.25. The van der Waals surface area contributed by atoms with Gasteiger partial charge in [-0.2, -0.15) is 0 Å². The first-order valence-corrected chi connectivity index (χ1v) is 8.78. The zero-order chi connectivity index (χ0) is 14.8. The van der Waals surface area contributed by atoms with Crippen molar-refractivity contribution in [2.75, 3.05) is 5.88 Å². The summed E-state index contributed by atoms with van der Waals surface area (Å²) in [6.07, 6.45) is 1.82. The van der Waals surface area contributed by atoms with Crippen molar-refractivity contribution in [3.05, 3.63) is 50.9 Å². The zero-order valence-corrected chi connectivity index (χ0v) is 14.1. The molecule has 0 amide bonds. The van der Waals surface area contributed by atoms with Crippen LogP contribution in [0.1, 0.15) is 23.2 Å². The van der Waals surface area contributed by atoms with E-state index in [2.05, 4.69) is 22.9 Å². The quantitative estimate of drug-likeness (QED) is 0.588. The third-order valence-electron chi connectivity index (χ3n) is 3.63. The van der Waals surface area contributed by atoms with Gasteiger partial charge in [-0.3, -0.25) is 0 Å². The van der Waals surface area contributed by atoms with Crippen molar-refractivity contribution >= 4 is 45.6 Å². The van der Waals surface area contributed by atoms with E-state index in [1.807, 2.05) is 18.2 Å². The van der Waals surface area contributed by atoms with E-state index in [4.69, 9.17) is 28.2 Å². The summed E-state index contributed by atoms with van der Waals surface area (Å²) in [6, 6.07) is 8.05. The van der Waals surface area contributed by atoms with Crippen LogP contribution >= 0.6 is 34.5 Å². The summed E-state index contributed by atoms with van der Waals surface area (Å²) in [5, 5.41) is 2.89. The Bertz CT molecular complexity index is 761. The molecule has 2 aromatic heterocycles. The maximum absolute atomic E-state index is 6.15. The molecular formula is C16H16Cl2N2S. The van der Waals surface area contributed by atoms with Gasteiger partial charge in [0.15, 0.2) is 0 Å². The van der Waals surface area contributed by atoms with Gasteiger partial charge in [0, 0.05) is 22.2 Å². The minimum Gasteiger partial charge on any atom is -0.323 e. The molecule has 0 radical (unpaired) electrons. The standard InChI is InChI=1S/C16H16Cl2N2S/c1-2-11-6-8-21-15(11)10-20-14-9-12(18)3-4-13(14)19-16(20)5-7-17/h3-4,6,8-9H,2,5,7,10H2,1H3. The molecule has 0 unspecified atom stereocenters. The van der Waals surface area contributed by atoms with Crippen LogP contribution in [0.5, 0.6) is 0 Å². The Morgan fingerprint density at radius 3 is 2.90 bits per heavy atom. The van der Waals surface area contributed by atoms with Crippen LogP contribution in [-0.2, 0) is 19.4 Å². The Morgan fingerprint density at radius 2 is 2.14 bits per heavy atom. The van der Waals surface area contributed by atoms with E-state index in [9.17, 15) is 0 Å². The maximum atomic E-state index is 6.15. The highest BCUT2D eigenvalue weighted by molar-refractivity contribution is 7.10. The van der Waals surface area contributed by atoms with Crippen LogP contribution < -0.4 is 0 Å². The van der Waals surface area contributed by atoms with Crippen molar-refractivity contribution in [3.63, 3.8) is 0 Å². The molecule has 110 valence electrons. The van der Waals surface area contributed by atoms with Crippen molar-refractivity contribution in [3.8, 4) is 0 Å². The lowest BCUT2D eigenvalue weighted by molar-refractivity contribution is 0.758. The molecule has 2 heterocycles. The number of fused-ring (bicyclic) bond motifs is 1. The van der Waals surface area contributed by atoms with Crippen molar-refractivity contribution in [2.45, 2.75) is 26.3 Å². The third-order valence-corrected chi connectivity index (χ3v) is 5.00. The lowest BCUT2D eigenvalue weighted by atomic mass is 10.2. The molecule has 0 aliphatic heterocycles. The minimum atomic E-state index is 0.572. The first-order chi connectivity index (χ1) is 10.2. The summed E-state index contributed by atoms with van der Waals surface area (Å²) in [7, 11) is 0. The number of halogens is 2. The molecule has 0 saturated heterocycles. The molecule has 0 aliphatic rings. The number of alkyl halides is 1. The van der Waals surface area contributed by atoms with Crippen molar-refractivity contribution < 1.29 is 0 Å². The molecule has 2 nitrogen and oxygen atoms in total. The Morgan fingerprint density at radius 1 is 1.29 bits per heavy atom. The SMILES string of the molecule is CCc1ccsc1Cn1c(CCCl)nc2ccc(Cl)cc21. The van der Waals surface area contributed by atoms with E-state index in [1.54, 1.807) is 11.3 Å². The lowest BCUT2D eigenvalue weighted by Crippen LogP contribution is -2.06. The Hall–Kier alpha value is -1.03.